The molecule has 1 saturated heterocycles. The molecule has 1 aromatic rings. The number of hydrogen-bond acceptors (Lipinski definition) is 2. The van der Waals surface area contributed by atoms with Gasteiger partial charge in [-0.2, -0.15) is 0 Å². The van der Waals surface area contributed by atoms with Gasteiger partial charge in [-0.15, -0.1) is 35.7 Å². The highest BCUT2D eigenvalue weighted by atomic mass is 127. The van der Waals surface area contributed by atoms with E-state index < -0.39 is 0 Å². The molecular weight excluding hydrogens is 405 g/mol. The topological polar surface area (TPSA) is 41.6 Å². The molecule has 22 heavy (non-hydrogen) atoms. The Bertz CT molecular complexity index is 480. The molecule has 2 fully saturated rings. The SMILES string of the molecule is I.NC(=NCC1(Sc2ccccc2)CC1)N1CCCCCC1. The van der Waals surface area contributed by atoms with Gasteiger partial charge in [0.05, 0.1) is 6.54 Å². The van der Waals surface area contributed by atoms with Crippen molar-refractivity contribution in [3.05, 3.63) is 30.3 Å². The summed E-state index contributed by atoms with van der Waals surface area (Å²) in [6.07, 6.45) is 7.67. The van der Waals surface area contributed by atoms with Crippen LogP contribution < -0.4 is 5.73 Å². The van der Waals surface area contributed by atoms with Crippen molar-refractivity contribution >= 4 is 41.7 Å². The molecule has 0 aromatic heterocycles. The lowest BCUT2D eigenvalue weighted by Crippen LogP contribution is -2.38. The molecule has 0 bridgehead atoms. The second-order valence-electron chi connectivity index (χ2n) is 6.17. The number of likely N-dealkylation sites (tertiary alicyclic amines) is 1. The molecule has 2 N–H and O–H groups in total. The van der Waals surface area contributed by atoms with E-state index in [1.807, 2.05) is 11.8 Å². The monoisotopic (exact) mass is 431 g/mol. The highest BCUT2D eigenvalue weighted by Crippen LogP contribution is 2.51. The maximum Gasteiger partial charge on any atom is 0.191 e. The molecular formula is C17H26IN3S. The van der Waals surface area contributed by atoms with E-state index >= 15 is 0 Å². The van der Waals surface area contributed by atoms with Crippen molar-refractivity contribution in [2.45, 2.75) is 48.2 Å². The lowest BCUT2D eigenvalue weighted by molar-refractivity contribution is 0.428. The summed E-state index contributed by atoms with van der Waals surface area (Å²) in [4.78, 5) is 8.34. The molecule has 5 heteroatoms. The molecule has 0 atom stereocenters. The van der Waals surface area contributed by atoms with Crippen LogP contribution in [0, 0.1) is 0 Å². The van der Waals surface area contributed by atoms with E-state index in [-0.39, 0.29) is 24.0 Å². The summed E-state index contributed by atoms with van der Waals surface area (Å²) in [5, 5.41) is 0. The minimum atomic E-state index is 0. The Morgan fingerprint density at radius 2 is 1.73 bits per heavy atom. The molecule has 3 nitrogen and oxygen atoms in total. The van der Waals surface area contributed by atoms with Crippen LogP contribution in [-0.4, -0.2) is 35.2 Å². The highest BCUT2D eigenvalue weighted by Gasteiger charge is 2.43. The van der Waals surface area contributed by atoms with Crippen LogP contribution in [0.25, 0.3) is 0 Å². The van der Waals surface area contributed by atoms with E-state index in [9.17, 15) is 0 Å². The molecule has 1 saturated carbocycles. The fourth-order valence-corrected chi connectivity index (χ4v) is 4.02. The van der Waals surface area contributed by atoms with Crippen LogP contribution in [0.15, 0.2) is 40.2 Å². The predicted octanol–water partition coefficient (Wildman–Crippen LogP) is 4.12. The molecule has 0 unspecified atom stereocenters. The number of nitrogens with two attached hydrogens (primary N) is 1. The first-order valence-corrected chi connectivity index (χ1v) is 8.88. The van der Waals surface area contributed by atoms with Gasteiger partial charge in [0, 0.05) is 22.7 Å². The van der Waals surface area contributed by atoms with E-state index in [1.54, 1.807) is 0 Å². The minimum Gasteiger partial charge on any atom is -0.370 e. The number of rotatable bonds is 4. The quantitative estimate of drug-likeness (QED) is 0.443. The summed E-state index contributed by atoms with van der Waals surface area (Å²) in [6, 6.07) is 10.7. The smallest absolute Gasteiger partial charge is 0.191 e. The first-order chi connectivity index (χ1) is 10.3. The van der Waals surface area contributed by atoms with E-state index in [0.29, 0.717) is 4.75 Å². The van der Waals surface area contributed by atoms with Crippen LogP contribution in [0.3, 0.4) is 0 Å². The van der Waals surface area contributed by atoms with Gasteiger partial charge in [-0.25, -0.2) is 0 Å². The van der Waals surface area contributed by atoms with Crippen molar-refractivity contribution in [1.82, 2.24) is 4.90 Å². The standard InChI is InChI=1S/C17H25N3S.HI/c18-16(20-12-6-1-2-7-13-20)19-14-17(10-11-17)21-15-8-4-3-5-9-15;/h3-5,8-9H,1-2,6-7,10-14H2,(H2,18,19);1H. The molecule has 1 aromatic carbocycles. The van der Waals surface area contributed by atoms with Gasteiger partial charge in [0.25, 0.3) is 0 Å². The van der Waals surface area contributed by atoms with Crippen molar-refractivity contribution in [3.63, 3.8) is 0 Å². The number of guanidine groups is 1. The molecule has 0 radical (unpaired) electrons. The van der Waals surface area contributed by atoms with E-state index in [2.05, 4.69) is 35.2 Å². The molecule has 1 heterocycles. The summed E-state index contributed by atoms with van der Waals surface area (Å²) >= 11 is 1.97. The van der Waals surface area contributed by atoms with Crippen LogP contribution >= 0.6 is 35.7 Å². The minimum absolute atomic E-state index is 0. The van der Waals surface area contributed by atoms with Crippen molar-refractivity contribution in [2.24, 2.45) is 10.7 Å². The zero-order chi connectivity index (χ0) is 14.5. The van der Waals surface area contributed by atoms with E-state index in [0.717, 1.165) is 25.6 Å². The van der Waals surface area contributed by atoms with Gasteiger partial charge in [-0.1, -0.05) is 31.0 Å². The largest absolute Gasteiger partial charge is 0.370 e. The Hall–Kier alpha value is -0.430. The van der Waals surface area contributed by atoms with Gasteiger partial charge in [0.1, 0.15) is 0 Å². The number of thioether (sulfide) groups is 1. The van der Waals surface area contributed by atoms with Gasteiger partial charge in [-0.3, -0.25) is 4.99 Å². The Kier molecular flexibility index (Phi) is 6.87. The average molecular weight is 431 g/mol. The Morgan fingerprint density at radius 3 is 2.32 bits per heavy atom. The molecule has 3 rings (SSSR count). The van der Waals surface area contributed by atoms with Crippen molar-refractivity contribution < 1.29 is 0 Å². The summed E-state index contributed by atoms with van der Waals surface area (Å²) in [5.41, 5.74) is 6.21. The number of aliphatic imine (C=N–C) groups is 1. The predicted molar refractivity (Wildman–Crippen MR) is 106 cm³/mol. The second kappa shape index (κ2) is 8.43. The fourth-order valence-electron chi connectivity index (χ4n) is 2.80. The Balaban J connectivity index is 0.00000176. The molecule has 0 spiro atoms. The Morgan fingerprint density at radius 1 is 1.09 bits per heavy atom. The van der Waals surface area contributed by atoms with E-state index in [1.165, 1.54) is 43.4 Å². The van der Waals surface area contributed by atoms with Crippen molar-refractivity contribution in [1.29, 1.82) is 0 Å². The van der Waals surface area contributed by atoms with Crippen LogP contribution in [-0.2, 0) is 0 Å². The average Bonchev–Trinajstić information content (AvgIpc) is 3.30. The zero-order valence-electron chi connectivity index (χ0n) is 13.0. The third kappa shape index (κ3) is 5.05. The maximum absolute atomic E-state index is 6.21. The van der Waals surface area contributed by atoms with Crippen LogP contribution in [0.2, 0.25) is 0 Å². The summed E-state index contributed by atoms with van der Waals surface area (Å²) in [6.45, 7) is 3.01. The van der Waals surface area contributed by atoms with Gasteiger partial charge < -0.3 is 10.6 Å². The second-order valence-corrected chi connectivity index (χ2v) is 7.72. The molecule has 122 valence electrons. The number of benzene rings is 1. The number of hydrogen-bond donors (Lipinski definition) is 1. The summed E-state index contributed by atoms with van der Waals surface area (Å²) < 4.78 is 0.303. The van der Waals surface area contributed by atoms with Gasteiger partial charge in [0.15, 0.2) is 5.96 Å². The highest BCUT2D eigenvalue weighted by molar-refractivity contribution is 14.0. The van der Waals surface area contributed by atoms with Crippen LogP contribution in [0.4, 0.5) is 0 Å². The van der Waals surface area contributed by atoms with Crippen LogP contribution in [0.1, 0.15) is 38.5 Å². The van der Waals surface area contributed by atoms with Gasteiger partial charge in [-0.05, 0) is 37.8 Å². The molecule has 0 amide bonds. The summed E-state index contributed by atoms with van der Waals surface area (Å²) in [5.74, 6) is 0.761. The summed E-state index contributed by atoms with van der Waals surface area (Å²) in [7, 11) is 0. The first-order valence-electron chi connectivity index (χ1n) is 8.06. The lowest BCUT2D eigenvalue weighted by Gasteiger charge is -2.22. The Labute approximate surface area is 155 Å². The van der Waals surface area contributed by atoms with E-state index in [4.69, 9.17) is 10.7 Å². The fraction of sp³-hybridized carbons (Fsp3) is 0.588. The van der Waals surface area contributed by atoms with Crippen molar-refractivity contribution in [2.75, 3.05) is 19.6 Å². The molecule has 1 aliphatic heterocycles. The van der Waals surface area contributed by atoms with Crippen molar-refractivity contribution in [3.8, 4) is 0 Å². The zero-order valence-corrected chi connectivity index (χ0v) is 16.2. The number of halogens is 1. The van der Waals surface area contributed by atoms with Gasteiger partial charge in [0.2, 0.25) is 0 Å². The molecule has 2 aliphatic rings. The van der Waals surface area contributed by atoms with Gasteiger partial charge >= 0.3 is 0 Å². The molecule has 1 aliphatic carbocycles. The normalized spacial score (nSPS) is 20.9. The maximum atomic E-state index is 6.21. The first kappa shape index (κ1) is 17.9. The third-order valence-corrected chi connectivity index (χ3v) is 5.82. The van der Waals surface area contributed by atoms with Crippen LogP contribution in [0.5, 0.6) is 0 Å². The third-order valence-electron chi connectivity index (χ3n) is 4.34. The lowest BCUT2D eigenvalue weighted by atomic mass is 10.2. The number of nitrogens with zero attached hydrogens (tertiary/aromatic N) is 2.